The van der Waals surface area contributed by atoms with Crippen LogP contribution in [0.2, 0.25) is 0 Å². The molecule has 6 aliphatic heterocycles. The molecule has 4 aromatic heterocycles. The van der Waals surface area contributed by atoms with E-state index < -0.39 is 0 Å². The highest BCUT2D eigenvalue weighted by molar-refractivity contribution is 7.99. The van der Waals surface area contributed by atoms with Gasteiger partial charge in [0.05, 0.1) is 30.7 Å². The Morgan fingerprint density at radius 1 is 0.875 bits per heavy atom. The van der Waals surface area contributed by atoms with Crippen molar-refractivity contribution >= 4 is 57.9 Å². The van der Waals surface area contributed by atoms with Gasteiger partial charge >= 0.3 is 0 Å². The van der Waals surface area contributed by atoms with Gasteiger partial charge in [-0.2, -0.15) is 0 Å². The van der Waals surface area contributed by atoms with Crippen molar-refractivity contribution in [2.45, 2.75) is 36.8 Å². The van der Waals surface area contributed by atoms with Crippen LogP contribution in [0.4, 0.5) is 0 Å². The van der Waals surface area contributed by atoms with E-state index in [-0.39, 0.29) is 11.8 Å². The zero-order valence-electron chi connectivity index (χ0n) is 21.9. The highest BCUT2D eigenvalue weighted by atomic mass is 32.2. The maximum Gasteiger partial charge on any atom is 0.181 e. The Morgan fingerprint density at radius 3 is 2.25 bits per heavy atom. The van der Waals surface area contributed by atoms with Crippen LogP contribution in [0.5, 0.6) is 0 Å². The van der Waals surface area contributed by atoms with Crippen molar-refractivity contribution in [3.05, 3.63) is 42.2 Å². The smallest absolute Gasteiger partial charge is 0.181 e. The quantitative estimate of drug-likeness (QED) is 0.142. The number of nitrogens with one attached hydrogen (secondary N) is 3. The summed E-state index contributed by atoms with van der Waals surface area (Å²) >= 11 is 6.52. The first-order chi connectivity index (χ1) is 19.5. The number of Topliss-reactive ketones (excluding diaryl/α,β-unsaturated/α-hetero) is 2. The van der Waals surface area contributed by atoms with E-state index in [9.17, 15) is 9.59 Å². The molecule has 3 N–H and O–H groups in total. The molecule has 1 unspecified atom stereocenters. The number of carbonyl (C=O) groups is 2. The summed E-state index contributed by atoms with van der Waals surface area (Å²) in [7, 11) is 0. The number of aromatic amines is 3. The number of aromatic nitrogens is 8. The topological polar surface area (TPSA) is 152 Å². The Balaban J connectivity index is 0.000000121. The van der Waals surface area contributed by atoms with Crippen molar-refractivity contribution < 1.29 is 9.59 Å². The van der Waals surface area contributed by atoms with Crippen LogP contribution in [-0.4, -0.2) is 99.2 Å². The number of piperidine rings is 6. The van der Waals surface area contributed by atoms with E-state index in [1.807, 2.05) is 0 Å². The SMILES string of the molecule is C=C1C(=O)C2CCN1CC2.O=C1C2CCN(CC2)C1CSc1ncnc2nc[nH]c12.S=c1nc[nH]c2nc[nH]c12. The largest absolute Gasteiger partial charge is 0.369 e. The number of thioether (sulfide) groups is 1. The van der Waals surface area contributed by atoms with Crippen molar-refractivity contribution in [2.75, 3.05) is 31.9 Å². The van der Waals surface area contributed by atoms with Crippen LogP contribution >= 0.6 is 24.0 Å². The third-order valence-corrected chi connectivity index (χ3v) is 9.41. The van der Waals surface area contributed by atoms with Gasteiger partial charge in [0.15, 0.2) is 27.5 Å². The second-order valence-corrected chi connectivity index (χ2v) is 11.6. The highest BCUT2D eigenvalue weighted by Gasteiger charge is 2.40. The van der Waals surface area contributed by atoms with Crippen molar-refractivity contribution in [3.63, 3.8) is 0 Å². The van der Waals surface area contributed by atoms with Gasteiger partial charge in [0, 0.05) is 30.7 Å². The Labute approximate surface area is 239 Å². The van der Waals surface area contributed by atoms with Crippen LogP contribution in [0.25, 0.3) is 22.3 Å². The molecule has 6 saturated heterocycles. The van der Waals surface area contributed by atoms with Gasteiger partial charge in [0.1, 0.15) is 22.4 Å². The Bertz CT molecular complexity index is 1580. The maximum atomic E-state index is 12.3. The molecule has 1 atom stereocenters. The molecule has 208 valence electrons. The molecule has 4 bridgehead atoms. The minimum absolute atomic E-state index is 0.0560. The van der Waals surface area contributed by atoms with Gasteiger partial charge in [-0.3, -0.25) is 14.5 Å². The van der Waals surface area contributed by atoms with Crippen LogP contribution in [0, 0.1) is 16.5 Å². The average Bonchev–Trinajstić information content (AvgIpc) is 3.68. The minimum Gasteiger partial charge on any atom is -0.369 e. The van der Waals surface area contributed by atoms with Crippen LogP contribution < -0.4 is 0 Å². The predicted molar refractivity (Wildman–Crippen MR) is 153 cm³/mol. The van der Waals surface area contributed by atoms with Gasteiger partial charge in [-0.1, -0.05) is 18.8 Å². The second-order valence-electron chi connectivity index (χ2n) is 10.2. The summed E-state index contributed by atoms with van der Waals surface area (Å²) in [6, 6.07) is 0.0560. The fourth-order valence-corrected chi connectivity index (χ4v) is 7.05. The molecule has 0 radical (unpaired) electrons. The summed E-state index contributed by atoms with van der Waals surface area (Å²) in [5.41, 5.74) is 3.83. The van der Waals surface area contributed by atoms with E-state index >= 15 is 0 Å². The first kappa shape index (κ1) is 26.7. The number of ketones is 2. The van der Waals surface area contributed by atoms with Gasteiger partial charge in [-0.05, 0) is 38.8 Å². The molecule has 4 aromatic rings. The summed E-state index contributed by atoms with van der Waals surface area (Å²) in [6.45, 7) is 7.98. The number of imidazole rings is 2. The lowest BCUT2D eigenvalue weighted by Gasteiger charge is -2.43. The van der Waals surface area contributed by atoms with Gasteiger partial charge in [-0.15, -0.1) is 11.8 Å². The first-order valence-corrected chi connectivity index (χ1v) is 14.8. The van der Waals surface area contributed by atoms with Crippen LogP contribution in [0.15, 0.2) is 42.6 Å². The lowest BCUT2D eigenvalue weighted by molar-refractivity contribution is -0.135. The van der Waals surface area contributed by atoms with Crippen LogP contribution in [-0.2, 0) is 9.59 Å². The molecule has 40 heavy (non-hydrogen) atoms. The van der Waals surface area contributed by atoms with Gasteiger partial charge < -0.3 is 19.9 Å². The summed E-state index contributed by atoms with van der Waals surface area (Å²) in [5.74, 6) is 2.09. The molecule has 10 rings (SSSR count). The second kappa shape index (κ2) is 11.6. The molecule has 0 aromatic carbocycles. The van der Waals surface area contributed by atoms with Gasteiger partial charge in [0.2, 0.25) is 0 Å². The standard InChI is InChI=1S/C13H15N5OS.C8H11NO.C5H4N4S/c19-11-8-1-3-18(4-2-8)9(11)5-20-13-10-12(15-6-14-10)16-7-17-13;1-6-8(10)7-2-4-9(6)5-3-7;10-5-3-4(7-1-6-3)8-2-9-5/h6-9H,1-5H2,(H,14,15,16,17);7H,1-5H2;1-2H,(H2,6,7,8,9,10). The first-order valence-electron chi connectivity index (χ1n) is 13.4. The monoisotopic (exact) mass is 578 g/mol. The number of hydrogen-bond donors (Lipinski definition) is 3. The maximum absolute atomic E-state index is 12.3. The number of H-pyrrole nitrogens is 3. The molecule has 0 aliphatic carbocycles. The van der Waals surface area contributed by atoms with Crippen molar-refractivity contribution in [3.8, 4) is 0 Å². The van der Waals surface area contributed by atoms with E-state index in [0.29, 0.717) is 27.9 Å². The molecule has 10 heterocycles. The third kappa shape index (κ3) is 5.30. The Kier molecular flexibility index (Phi) is 7.71. The van der Waals surface area contributed by atoms with Crippen molar-refractivity contribution in [1.82, 2.24) is 49.7 Å². The van der Waals surface area contributed by atoms with Crippen LogP contribution in [0.1, 0.15) is 25.7 Å². The van der Waals surface area contributed by atoms with E-state index in [0.717, 1.165) is 85.0 Å². The zero-order chi connectivity index (χ0) is 27.6. The fourth-order valence-electron chi connectivity index (χ4n) is 5.73. The van der Waals surface area contributed by atoms with Crippen LogP contribution in [0.3, 0.4) is 0 Å². The average molecular weight is 579 g/mol. The molecule has 0 spiro atoms. The van der Waals surface area contributed by atoms with E-state index in [1.54, 1.807) is 24.4 Å². The van der Waals surface area contributed by atoms with Crippen molar-refractivity contribution in [1.29, 1.82) is 0 Å². The Morgan fingerprint density at radius 2 is 1.57 bits per heavy atom. The molecule has 0 amide bonds. The Hall–Kier alpha value is -3.49. The minimum atomic E-state index is 0.0560. The summed E-state index contributed by atoms with van der Waals surface area (Å²) in [6.07, 6.45) is 10.5. The molecule has 6 fully saturated rings. The predicted octanol–water partition coefficient (Wildman–Crippen LogP) is 2.92. The van der Waals surface area contributed by atoms with Crippen molar-refractivity contribution in [2.24, 2.45) is 11.8 Å². The molecular weight excluding hydrogens is 548 g/mol. The van der Waals surface area contributed by atoms with Gasteiger partial charge in [-0.25, -0.2) is 24.9 Å². The number of carbonyl (C=O) groups excluding carboxylic acids is 2. The van der Waals surface area contributed by atoms with E-state index in [2.05, 4.69) is 56.3 Å². The van der Waals surface area contributed by atoms with E-state index in [1.165, 1.54) is 12.7 Å². The number of fused-ring (bicyclic) bond motifs is 8. The molecular formula is C26H30N10O2S2. The van der Waals surface area contributed by atoms with Gasteiger partial charge in [0.25, 0.3) is 0 Å². The number of nitrogens with zero attached hydrogens (tertiary/aromatic N) is 7. The third-order valence-electron chi connectivity index (χ3n) is 8.04. The number of rotatable bonds is 3. The molecule has 12 nitrogen and oxygen atoms in total. The number of allylic oxidation sites excluding steroid dienone is 1. The normalized spacial score (nSPS) is 23.8. The summed E-state index contributed by atoms with van der Waals surface area (Å²) < 4.78 is 0.547. The molecule has 6 aliphatic rings. The zero-order valence-corrected chi connectivity index (χ0v) is 23.5. The van der Waals surface area contributed by atoms with E-state index in [4.69, 9.17) is 12.2 Å². The lowest BCUT2D eigenvalue weighted by atomic mass is 9.83. The molecule has 0 saturated carbocycles. The molecule has 14 heteroatoms. The highest BCUT2D eigenvalue weighted by Crippen LogP contribution is 2.33. The summed E-state index contributed by atoms with van der Waals surface area (Å²) in [5, 5.41) is 0.878. The lowest BCUT2D eigenvalue weighted by Crippen LogP contribution is -2.56. The fraction of sp³-hybridized carbons (Fsp3) is 0.462. The summed E-state index contributed by atoms with van der Waals surface area (Å²) in [4.78, 5) is 57.1. The number of hydrogen-bond acceptors (Lipinski definition) is 11.